The number of nitrogens with one attached hydrogen (secondary N) is 1. The van der Waals surface area contributed by atoms with Gasteiger partial charge in [-0.1, -0.05) is 11.6 Å². The molecule has 1 saturated heterocycles. The molecule has 1 aliphatic heterocycles. The van der Waals surface area contributed by atoms with E-state index in [9.17, 15) is 22.8 Å². The average Bonchev–Trinajstić information content (AvgIpc) is 2.93. The number of halogens is 1. The lowest BCUT2D eigenvalue weighted by molar-refractivity contribution is -0.129. The zero-order chi connectivity index (χ0) is 19.8. The van der Waals surface area contributed by atoms with Crippen molar-refractivity contribution < 1.29 is 27.2 Å². The fourth-order valence-electron chi connectivity index (χ4n) is 2.73. The van der Waals surface area contributed by atoms with Crippen LogP contribution in [-0.2, 0) is 19.4 Å². The van der Waals surface area contributed by atoms with Crippen molar-refractivity contribution in [3.8, 4) is 0 Å². The van der Waals surface area contributed by atoms with Gasteiger partial charge in [0.05, 0.1) is 16.9 Å². The van der Waals surface area contributed by atoms with Crippen molar-refractivity contribution in [2.45, 2.75) is 25.5 Å². The molecule has 144 valence electrons. The summed E-state index contributed by atoms with van der Waals surface area (Å²) >= 11 is 5.83. The second kappa shape index (κ2) is 7.32. The van der Waals surface area contributed by atoms with Gasteiger partial charge in [0.1, 0.15) is 5.58 Å². The minimum absolute atomic E-state index is 0.0123. The molecule has 0 bridgehead atoms. The average molecular weight is 414 g/mol. The summed E-state index contributed by atoms with van der Waals surface area (Å²) in [7, 11) is -3.14. The van der Waals surface area contributed by atoms with Gasteiger partial charge in [-0.2, -0.15) is 0 Å². The molecule has 2 aromatic rings. The maximum atomic E-state index is 12.2. The van der Waals surface area contributed by atoms with E-state index in [1.165, 1.54) is 25.1 Å². The number of hydrogen-bond donors (Lipinski definition) is 1. The van der Waals surface area contributed by atoms with Crippen LogP contribution in [0.4, 0.5) is 0 Å². The number of amides is 1. The number of fused-ring (bicyclic) bond motifs is 1. The second-order valence-corrected chi connectivity index (χ2v) is 8.94. The zero-order valence-electron chi connectivity index (χ0n) is 14.2. The van der Waals surface area contributed by atoms with Crippen molar-refractivity contribution in [3.63, 3.8) is 0 Å². The Balaban J connectivity index is 1.69. The predicted octanol–water partition coefficient (Wildman–Crippen LogP) is 1.29. The minimum Gasteiger partial charge on any atom is -0.449 e. The molecule has 0 unspecified atom stereocenters. The quantitative estimate of drug-likeness (QED) is 0.750. The van der Waals surface area contributed by atoms with E-state index >= 15 is 0 Å². The van der Waals surface area contributed by atoms with Gasteiger partial charge in [-0.3, -0.25) is 9.59 Å². The third kappa shape index (κ3) is 4.48. The number of esters is 1. The van der Waals surface area contributed by atoms with Gasteiger partial charge in [-0.05, 0) is 31.5 Å². The van der Waals surface area contributed by atoms with E-state index in [2.05, 4.69) is 5.32 Å². The normalized spacial score (nSPS) is 19.6. The van der Waals surface area contributed by atoms with E-state index < -0.39 is 39.3 Å². The number of carbonyl (C=O) groups excluding carboxylic acids is 2. The number of ether oxygens (including phenoxy) is 1. The number of carbonyl (C=O) groups is 2. The van der Waals surface area contributed by atoms with Gasteiger partial charge >= 0.3 is 5.97 Å². The maximum Gasteiger partial charge on any atom is 0.375 e. The highest BCUT2D eigenvalue weighted by Gasteiger charge is 2.31. The lowest BCUT2D eigenvalue weighted by Gasteiger charge is -2.16. The smallest absolute Gasteiger partial charge is 0.375 e. The number of rotatable bonds is 4. The molecule has 2 atom stereocenters. The number of sulfone groups is 1. The summed E-state index contributed by atoms with van der Waals surface area (Å²) in [6.45, 7) is 1.34. The van der Waals surface area contributed by atoms with Gasteiger partial charge < -0.3 is 14.5 Å². The van der Waals surface area contributed by atoms with E-state index in [4.69, 9.17) is 20.8 Å². The first-order valence-electron chi connectivity index (χ1n) is 8.10. The Labute approximate surface area is 159 Å². The van der Waals surface area contributed by atoms with Crippen molar-refractivity contribution in [1.82, 2.24) is 5.32 Å². The summed E-state index contributed by atoms with van der Waals surface area (Å²) in [4.78, 5) is 36.4. The molecule has 10 heteroatoms. The molecule has 1 aliphatic rings. The summed E-state index contributed by atoms with van der Waals surface area (Å²) in [5, 5.41) is 3.10. The SMILES string of the molecule is C[C@@H](OC(=O)c1cc(=O)c2cc(Cl)ccc2o1)C(=O)N[C@H]1CCS(=O)(=O)C1. The first-order chi connectivity index (χ1) is 12.6. The number of benzene rings is 1. The third-order valence-corrected chi connectivity index (χ3v) is 6.13. The lowest BCUT2D eigenvalue weighted by Crippen LogP contribution is -2.42. The van der Waals surface area contributed by atoms with Crippen LogP contribution >= 0.6 is 11.6 Å². The van der Waals surface area contributed by atoms with Crippen molar-refractivity contribution >= 4 is 44.3 Å². The highest BCUT2D eigenvalue weighted by Crippen LogP contribution is 2.18. The van der Waals surface area contributed by atoms with Crippen molar-refractivity contribution in [3.05, 3.63) is 45.3 Å². The predicted molar refractivity (Wildman–Crippen MR) is 97.6 cm³/mol. The molecule has 27 heavy (non-hydrogen) atoms. The molecule has 1 aromatic heterocycles. The van der Waals surface area contributed by atoms with E-state index in [0.717, 1.165) is 6.07 Å². The monoisotopic (exact) mass is 413 g/mol. The first-order valence-corrected chi connectivity index (χ1v) is 10.3. The Morgan fingerprint density at radius 2 is 2.07 bits per heavy atom. The highest BCUT2D eigenvalue weighted by atomic mass is 35.5. The minimum atomic E-state index is -3.14. The van der Waals surface area contributed by atoms with E-state index in [1.54, 1.807) is 0 Å². The molecule has 3 rings (SSSR count). The molecular weight excluding hydrogens is 398 g/mol. The van der Waals surface area contributed by atoms with Crippen molar-refractivity contribution in [1.29, 1.82) is 0 Å². The summed E-state index contributed by atoms with van der Waals surface area (Å²) < 4.78 is 33.2. The molecule has 2 heterocycles. The van der Waals surface area contributed by atoms with E-state index in [0.29, 0.717) is 11.4 Å². The lowest BCUT2D eigenvalue weighted by atomic mass is 10.2. The van der Waals surface area contributed by atoms with Crippen LogP contribution in [0.1, 0.15) is 23.9 Å². The second-order valence-electron chi connectivity index (χ2n) is 6.27. The van der Waals surface area contributed by atoms with Gasteiger partial charge in [-0.15, -0.1) is 0 Å². The van der Waals surface area contributed by atoms with E-state index in [1.807, 2.05) is 0 Å². The summed E-state index contributed by atoms with van der Waals surface area (Å²) in [5.41, 5.74) is -0.314. The molecule has 0 radical (unpaired) electrons. The topological polar surface area (TPSA) is 120 Å². The fourth-order valence-corrected chi connectivity index (χ4v) is 4.57. The van der Waals surface area contributed by atoms with Gasteiger partial charge in [-0.25, -0.2) is 13.2 Å². The highest BCUT2D eigenvalue weighted by molar-refractivity contribution is 7.91. The zero-order valence-corrected chi connectivity index (χ0v) is 15.8. The Morgan fingerprint density at radius 3 is 2.74 bits per heavy atom. The molecule has 0 saturated carbocycles. The van der Waals surface area contributed by atoms with Crippen LogP contribution in [0.25, 0.3) is 11.0 Å². The van der Waals surface area contributed by atoms with Crippen LogP contribution in [0.5, 0.6) is 0 Å². The Morgan fingerprint density at radius 1 is 1.33 bits per heavy atom. The molecular formula is C17H16ClNO7S. The van der Waals surface area contributed by atoms with Crippen molar-refractivity contribution in [2.75, 3.05) is 11.5 Å². The molecule has 1 amide bonds. The molecule has 8 nitrogen and oxygen atoms in total. The summed E-state index contributed by atoms with van der Waals surface area (Å²) in [5.74, 6) is -2.08. The Bertz CT molecular complexity index is 1080. The van der Waals surface area contributed by atoms with E-state index in [-0.39, 0.29) is 28.2 Å². The van der Waals surface area contributed by atoms with Gasteiger partial charge in [0.15, 0.2) is 21.4 Å². The van der Waals surface area contributed by atoms with Gasteiger partial charge in [0.25, 0.3) is 5.91 Å². The summed E-state index contributed by atoms with van der Waals surface area (Å²) in [6.07, 6.45) is -0.872. The first kappa shape index (κ1) is 19.4. The Hall–Kier alpha value is -2.39. The fraction of sp³-hybridized carbons (Fsp3) is 0.353. The van der Waals surface area contributed by atoms with Crippen LogP contribution in [0, 0.1) is 0 Å². The van der Waals surface area contributed by atoms with Crippen molar-refractivity contribution in [2.24, 2.45) is 0 Å². The molecule has 1 aromatic carbocycles. The van der Waals surface area contributed by atoms with Crippen LogP contribution in [0.2, 0.25) is 5.02 Å². The molecule has 0 aliphatic carbocycles. The number of hydrogen-bond acceptors (Lipinski definition) is 7. The van der Waals surface area contributed by atoms with Gasteiger partial charge in [0.2, 0.25) is 5.76 Å². The largest absolute Gasteiger partial charge is 0.449 e. The van der Waals surface area contributed by atoms with Crippen LogP contribution < -0.4 is 10.7 Å². The Kier molecular flexibility index (Phi) is 5.25. The standard InChI is InChI=1S/C17H16ClNO7S/c1-9(16(21)19-11-4-5-27(23,24)8-11)25-17(22)15-7-13(20)12-6-10(18)2-3-14(12)26-15/h2-3,6-7,9,11H,4-5,8H2,1H3,(H,19,21)/t9-,11+/m1/s1. The third-order valence-electron chi connectivity index (χ3n) is 4.12. The molecule has 1 N–H and O–H groups in total. The molecule has 0 spiro atoms. The van der Waals surface area contributed by atoms with Crippen LogP contribution in [-0.4, -0.2) is 43.9 Å². The maximum absolute atomic E-state index is 12.2. The van der Waals surface area contributed by atoms with Gasteiger partial charge in [0, 0.05) is 17.1 Å². The van der Waals surface area contributed by atoms with Crippen LogP contribution in [0.15, 0.2) is 33.5 Å². The molecule has 1 fully saturated rings. The summed E-state index contributed by atoms with van der Waals surface area (Å²) in [6, 6.07) is 4.84. The van der Waals surface area contributed by atoms with Crippen LogP contribution in [0.3, 0.4) is 0 Å².